The normalized spacial score (nSPS) is 12.7. The quantitative estimate of drug-likeness (QED) is 0.582. The zero-order valence-electron chi connectivity index (χ0n) is 16.9. The number of rotatable bonds is 7. The van der Waals surface area contributed by atoms with Crippen LogP contribution in [0.2, 0.25) is 0 Å². The van der Waals surface area contributed by atoms with Crippen LogP contribution in [0, 0.1) is 0 Å². The van der Waals surface area contributed by atoms with E-state index < -0.39 is 0 Å². The lowest BCUT2D eigenvalue weighted by Gasteiger charge is -2.13. The molecule has 0 radical (unpaired) electrons. The maximum Gasteiger partial charge on any atom is 0.261 e. The van der Waals surface area contributed by atoms with Gasteiger partial charge in [-0.25, -0.2) is 0 Å². The molecule has 3 aromatic carbocycles. The van der Waals surface area contributed by atoms with Gasteiger partial charge in [0.2, 0.25) is 0 Å². The number of phenolic OH excluding ortho intramolecular Hbond substituents is 1. The molecule has 0 aliphatic carbocycles. The summed E-state index contributed by atoms with van der Waals surface area (Å²) in [4.78, 5) is 39.2. The van der Waals surface area contributed by atoms with Crippen LogP contribution in [0.1, 0.15) is 42.2 Å². The highest BCUT2D eigenvalue weighted by Gasteiger charge is 2.35. The van der Waals surface area contributed by atoms with Gasteiger partial charge in [0.25, 0.3) is 17.7 Å². The second-order valence-corrected chi connectivity index (χ2v) is 7.43. The van der Waals surface area contributed by atoms with Gasteiger partial charge in [-0.1, -0.05) is 42.5 Å². The SMILES string of the molecule is O=C(NCCc1cccc(O)c1)c1ccc2c(c1)C(=O)N(CCc1ccccc1)C2=O. The monoisotopic (exact) mass is 414 g/mol. The summed E-state index contributed by atoms with van der Waals surface area (Å²) in [5.41, 5.74) is 2.88. The Morgan fingerprint density at radius 1 is 0.806 bits per heavy atom. The lowest BCUT2D eigenvalue weighted by molar-refractivity contribution is 0.0656. The van der Waals surface area contributed by atoms with Crippen LogP contribution < -0.4 is 5.32 Å². The van der Waals surface area contributed by atoms with E-state index in [9.17, 15) is 19.5 Å². The van der Waals surface area contributed by atoms with E-state index in [-0.39, 0.29) is 29.0 Å². The van der Waals surface area contributed by atoms with E-state index in [2.05, 4.69) is 5.32 Å². The summed E-state index contributed by atoms with van der Waals surface area (Å²) in [5.74, 6) is -0.828. The molecule has 0 saturated carbocycles. The Hall–Kier alpha value is -3.93. The number of carbonyl (C=O) groups excluding carboxylic acids is 3. The van der Waals surface area contributed by atoms with Gasteiger partial charge in [-0.2, -0.15) is 0 Å². The number of fused-ring (bicyclic) bond motifs is 1. The molecule has 6 nitrogen and oxygen atoms in total. The van der Waals surface area contributed by atoms with Gasteiger partial charge in [0.15, 0.2) is 0 Å². The van der Waals surface area contributed by atoms with Gasteiger partial charge in [0.05, 0.1) is 11.1 Å². The van der Waals surface area contributed by atoms with Crippen LogP contribution in [0.15, 0.2) is 72.8 Å². The van der Waals surface area contributed by atoms with Crippen LogP contribution in [0.5, 0.6) is 5.75 Å². The average molecular weight is 414 g/mol. The molecular weight excluding hydrogens is 392 g/mol. The van der Waals surface area contributed by atoms with Crippen LogP contribution in [0.3, 0.4) is 0 Å². The van der Waals surface area contributed by atoms with Gasteiger partial charge in [0.1, 0.15) is 5.75 Å². The predicted octanol–water partition coefficient (Wildman–Crippen LogP) is 3.20. The Bertz CT molecular complexity index is 1140. The van der Waals surface area contributed by atoms with E-state index in [0.717, 1.165) is 11.1 Å². The van der Waals surface area contributed by atoms with Crippen LogP contribution >= 0.6 is 0 Å². The van der Waals surface area contributed by atoms with Gasteiger partial charge in [0, 0.05) is 18.7 Å². The van der Waals surface area contributed by atoms with E-state index in [1.165, 1.54) is 11.0 Å². The van der Waals surface area contributed by atoms with E-state index in [1.54, 1.807) is 30.3 Å². The number of nitrogens with one attached hydrogen (secondary N) is 1. The van der Waals surface area contributed by atoms with Gasteiger partial charge >= 0.3 is 0 Å². The average Bonchev–Trinajstić information content (AvgIpc) is 3.02. The first-order valence-electron chi connectivity index (χ1n) is 10.1. The number of hydrogen-bond acceptors (Lipinski definition) is 4. The molecule has 0 atom stereocenters. The molecule has 156 valence electrons. The first-order valence-corrected chi connectivity index (χ1v) is 10.1. The van der Waals surface area contributed by atoms with Crippen molar-refractivity contribution in [1.29, 1.82) is 0 Å². The Balaban J connectivity index is 1.39. The molecule has 3 amide bonds. The number of carbonyl (C=O) groups is 3. The van der Waals surface area contributed by atoms with Crippen LogP contribution in [0.25, 0.3) is 0 Å². The maximum absolute atomic E-state index is 12.8. The van der Waals surface area contributed by atoms with Crippen LogP contribution in [-0.4, -0.2) is 40.8 Å². The third-order valence-corrected chi connectivity index (χ3v) is 5.31. The van der Waals surface area contributed by atoms with Crippen molar-refractivity contribution < 1.29 is 19.5 Å². The Morgan fingerprint density at radius 3 is 2.32 bits per heavy atom. The van der Waals surface area contributed by atoms with E-state index in [1.807, 2.05) is 36.4 Å². The molecule has 6 heteroatoms. The summed E-state index contributed by atoms with van der Waals surface area (Å²) >= 11 is 0. The van der Waals surface area contributed by atoms with Crippen LogP contribution in [-0.2, 0) is 12.8 Å². The number of phenols is 1. The van der Waals surface area contributed by atoms with Crippen molar-refractivity contribution in [1.82, 2.24) is 10.2 Å². The minimum Gasteiger partial charge on any atom is -0.508 e. The molecule has 0 bridgehead atoms. The molecule has 4 rings (SSSR count). The number of hydrogen-bond donors (Lipinski definition) is 2. The standard InChI is InChI=1S/C25H22N2O4/c28-20-8-4-7-18(15-20)11-13-26-23(29)19-9-10-21-22(16-19)25(31)27(24(21)30)14-12-17-5-2-1-3-6-17/h1-10,15-16,28H,11-14H2,(H,26,29). The van der Waals surface area contributed by atoms with Crippen molar-refractivity contribution >= 4 is 17.7 Å². The van der Waals surface area contributed by atoms with Gasteiger partial charge in [-0.3, -0.25) is 19.3 Å². The Labute approximate surface area is 180 Å². The summed E-state index contributed by atoms with van der Waals surface area (Å²) < 4.78 is 0. The van der Waals surface area contributed by atoms with Crippen molar-refractivity contribution in [2.24, 2.45) is 0 Å². The van der Waals surface area contributed by atoms with E-state index in [0.29, 0.717) is 37.1 Å². The van der Waals surface area contributed by atoms with E-state index in [4.69, 9.17) is 0 Å². The van der Waals surface area contributed by atoms with Crippen LogP contribution in [0.4, 0.5) is 0 Å². The fourth-order valence-corrected chi connectivity index (χ4v) is 3.66. The molecule has 0 aromatic heterocycles. The smallest absolute Gasteiger partial charge is 0.261 e. The second-order valence-electron chi connectivity index (χ2n) is 7.43. The predicted molar refractivity (Wildman–Crippen MR) is 116 cm³/mol. The van der Waals surface area contributed by atoms with Crippen molar-refractivity contribution in [3.63, 3.8) is 0 Å². The number of imide groups is 1. The lowest BCUT2D eigenvalue weighted by atomic mass is 10.1. The zero-order valence-corrected chi connectivity index (χ0v) is 16.9. The van der Waals surface area contributed by atoms with Crippen molar-refractivity contribution in [3.8, 4) is 5.75 Å². The third kappa shape index (κ3) is 4.48. The highest BCUT2D eigenvalue weighted by atomic mass is 16.3. The fourth-order valence-electron chi connectivity index (χ4n) is 3.66. The summed E-state index contributed by atoms with van der Waals surface area (Å²) in [6.07, 6.45) is 1.14. The van der Waals surface area contributed by atoms with E-state index >= 15 is 0 Å². The summed E-state index contributed by atoms with van der Waals surface area (Å²) in [6.45, 7) is 0.678. The topological polar surface area (TPSA) is 86.7 Å². The number of benzene rings is 3. The highest BCUT2D eigenvalue weighted by Crippen LogP contribution is 2.24. The number of nitrogens with zero attached hydrogens (tertiary/aromatic N) is 1. The molecular formula is C25H22N2O4. The molecule has 0 saturated heterocycles. The molecule has 31 heavy (non-hydrogen) atoms. The van der Waals surface area contributed by atoms with Crippen molar-refractivity contribution in [2.75, 3.05) is 13.1 Å². The minimum absolute atomic E-state index is 0.183. The minimum atomic E-state index is -0.370. The number of amides is 3. The molecule has 0 fully saturated rings. The maximum atomic E-state index is 12.8. The van der Waals surface area contributed by atoms with Gasteiger partial charge in [-0.05, 0) is 54.3 Å². The first kappa shape index (κ1) is 20.3. The fraction of sp³-hybridized carbons (Fsp3) is 0.160. The first-order chi connectivity index (χ1) is 15.0. The Morgan fingerprint density at radius 2 is 1.55 bits per heavy atom. The number of aromatic hydroxyl groups is 1. The largest absolute Gasteiger partial charge is 0.508 e. The zero-order chi connectivity index (χ0) is 21.8. The highest BCUT2D eigenvalue weighted by molar-refractivity contribution is 6.22. The summed E-state index contributed by atoms with van der Waals surface area (Å²) in [5, 5.41) is 12.3. The molecule has 3 aromatic rings. The summed E-state index contributed by atoms with van der Waals surface area (Å²) in [6, 6.07) is 21.1. The van der Waals surface area contributed by atoms with Gasteiger partial charge in [-0.15, -0.1) is 0 Å². The van der Waals surface area contributed by atoms with Crippen molar-refractivity contribution in [3.05, 3.63) is 101 Å². The van der Waals surface area contributed by atoms with Gasteiger partial charge < -0.3 is 10.4 Å². The summed E-state index contributed by atoms with van der Waals surface area (Å²) in [7, 11) is 0. The third-order valence-electron chi connectivity index (χ3n) is 5.31. The lowest BCUT2D eigenvalue weighted by Crippen LogP contribution is -2.31. The second kappa shape index (κ2) is 8.83. The van der Waals surface area contributed by atoms with Crippen molar-refractivity contribution in [2.45, 2.75) is 12.8 Å². The molecule has 0 spiro atoms. The molecule has 1 aliphatic heterocycles. The Kier molecular flexibility index (Phi) is 5.80. The molecule has 2 N–H and O–H groups in total. The molecule has 1 heterocycles. The molecule has 1 aliphatic rings. The molecule has 0 unspecified atom stereocenters.